The number of anilines is 1. The molecular formula is C23H20N2O4. The van der Waals surface area contributed by atoms with E-state index >= 15 is 0 Å². The molecule has 29 heavy (non-hydrogen) atoms. The highest BCUT2D eigenvalue weighted by Gasteiger charge is 2.27. The van der Waals surface area contributed by atoms with E-state index in [9.17, 15) is 9.59 Å². The second-order valence-electron chi connectivity index (χ2n) is 6.76. The fourth-order valence-electron chi connectivity index (χ4n) is 3.42. The first kappa shape index (κ1) is 18.7. The van der Waals surface area contributed by atoms with Gasteiger partial charge in [-0.1, -0.05) is 36.4 Å². The zero-order valence-corrected chi connectivity index (χ0v) is 15.7. The Bertz CT molecular complexity index is 1050. The number of ether oxygens (including phenoxy) is 1. The van der Waals surface area contributed by atoms with E-state index in [4.69, 9.17) is 9.94 Å². The van der Waals surface area contributed by atoms with Crippen LogP contribution in [0.25, 0.3) is 0 Å². The van der Waals surface area contributed by atoms with E-state index in [1.807, 2.05) is 48.5 Å². The molecule has 146 valence electrons. The summed E-state index contributed by atoms with van der Waals surface area (Å²) in [5.41, 5.74) is 4.36. The Kier molecular flexibility index (Phi) is 5.27. The maximum absolute atomic E-state index is 13.2. The SMILES string of the molecule is O=C(NO)c1ccc(CCCN2C(=O)c3ccccc3Oc3ccccc32)cc1. The molecule has 0 fully saturated rings. The van der Waals surface area contributed by atoms with Gasteiger partial charge in [0, 0.05) is 12.1 Å². The highest BCUT2D eigenvalue weighted by atomic mass is 16.5. The number of fused-ring (bicyclic) bond motifs is 2. The third-order valence-electron chi connectivity index (χ3n) is 4.90. The van der Waals surface area contributed by atoms with Gasteiger partial charge in [-0.3, -0.25) is 14.8 Å². The number of rotatable bonds is 5. The molecule has 3 aromatic carbocycles. The van der Waals surface area contributed by atoms with Gasteiger partial charge in [0.1, 0.15) is 5.75 Å². The van der Waals surface area contributed by atoms with Gasteiger partial charge in [-0.2, -0.15) is 0 Å². The number of hydroxylamine groups is 1. The molecule has 1 heterocycles. The second kappa shape index (κ2) is 8.16. The van der Waals surface area contributed by atoms with Crippen LogP contribution in [0, 0.1) is 0 Å². The van der Waals surface area contributed by atoms with Gasteiger partial charge in [-0.15, -0.1) is 0 Å². The van der Waals surface area contributed by atoms with Gasteiger partial charge in [0.2, 0.25) is 0 Å². The fourth-order valence-corrected chi connectivity index (χ4v) is 3.42. The average molecular weight is 388 g/mol. The van der Waals surface area contributed by atoms with Crippen LogP contribution >= 0.6 is 0 Å². The van der Waals surface area contributed by atoms with Crippen LogP contribution in [0.1, 0.15) is 32.7 Å². The molecule has 0 aromatic heterocycles. The van der Waals surface area contributed by atoms with Crippen LogP contribution in [0.3, 0.4) is 0 Å². The number of carbonyl (C=O) groups is 2. The van der Waals surface area contributed by atoms with Crippen LogP contribution in [0.4, 0.5) is 5.69 Å². The Balaban J connectivity index is 1.52. The molecule has 0 bridgehead atoms. The number of hydrogen-bond donors (Lipinski definition) is 2. The number of hydrogen-bond acceptors (Lipinski definition) is 4. The summed E-state index contributed by atoms with van der Waals surface area (Å²) in [5, 5.41) is 8.69. The van der Waals surface area contributed by atoms with Crippen molar-refractivity contribution in [1.82, 2.24) is 5.48 Å². The van der Waals surface area contributed by atoms with Crippen molar-refractivity contribution < 1.29 is 19.5 Å². The highest BCUT2D eigenvalue weighted by Crippen LogP contribution is 2.38. The Morgan fingerprint density at radius 1 is 0.931 bits per heavy atom. The summed E-state index contributed by atoms with van der Waals surface area (Å²) in [4.78, 5) is 26.3. The largest absolute Gasteiger partial charge is 0.454 e. The third kappa shape index (κ3) is 3.83. The molecule has 4 rings (SSSR count). The zero-order chi connectivity index (χ0) is 20.2. The van der Waals surface area contributed by atoms with Crippen molar-refractivity contribution in [3.8, 4) is 11.5 Å². The molecule has 2 N–H and O–H groups in total. The molecule has 1 aliphatic rings. The summed E-state index contributed by atoms with van der Waals surface area (Å²) in [6.07, 6.45) is 1.49. The van der Waals surface area contributed by atoms with Gasteiger partial charge < -0.3 is 9.64 Å². The van der Waals surface area contributed by atoms with Gasteiger partial charge >= 0.3 is 0 Å². The molecule has 0 unspecified atom stereocenters. The molecule has 0 spiro atoms. The van der Waals surface area contributed by atoms with E-state index in [2.05, 4.69) is 0 Å². The van der Waals surface area contributed by atoms with Crippen LogP contribution in [0.15, 0.2) is 72.8 Å². The van der Waals surface area contributed by atoms with Crippen LogP contribution in [-0.2, 0) is 6.42 Å². The van der Waals surface area contributed by atoms with Crippen LogP contribution < -0.4 is 15.1 Å². The van der Waals surface area contributed by atoms with Gasteiger partial charge in [-0.05, 0) is 54.8 Å². The lowest BCUT2D eigenvalue weighted by Gasteiger charge is -2.22. The van der Waals surface area contributed by atoms with Crippen molar-refractivity contribution in [3.05, 3.63) is 89.5 Å². The van der Waals surface area contributed by atoms with Crippen molar-refractivity contribution in [2.75, 3.05) is 11.4 Å². The van der Waals surface area contributed by atoms with E-state index < -0.39 is 5.91 Å². The Labute approximate surface area is 168 Å². The summed E-state index contributed by atoms with van der Waals surface area (Å²) in [6.45, 7) is 0.534. The first-order chi connectivity index (χ1) is 14.2. The topological polar surface area (TPSA) is 78.9 Å². The van der Waals surface area contributed by atoms with Gasteiger partial charge in [0.05, 0.1) is 11.3 Å². The number of aryl methyl sites for hydroxylation is 1. The first-order valence-corrected chi connectivity index (χ1v) is 9.38. The lowest BCUT2D eigenvalue weighted by molar-refractivity contribution is 0.0706. The normalized spacial score (nSPS) is 12.4. The monoisotopic (exact) mass is 388 g/mol. The summed E-state index contributed by atoms with van der Waals surface area (Å²) in [5.74, 6) is 0.595. The number of carbonyl (C=O) groups excluding carboxylic acids is 2. The Morgan fingerprint density at radius 2 is 1.62 bits per heavy atom. The lowest BCUT2D eigenvalue weighted by atomic mass is 10.1. The van der Waals surface area contributed by atoms with E-state index in [0.717, 1.165) is 24.1 Å². The fraction of sp³-hybridized carbons (Fsp3) is 0.130. The highest BCUT2D eigenvalue weighted by molar-refractivity contribution is 6.09. The van der Waals surface area contributed by atoms with Gasteiger partial charge in [0.25, 0.3) is 11.8 Å². The summed E-state index contributed by atoms with van der Waals surface area (Å²) in [7, 11) is 0. The lowest BCUT2D eigenvalue weighted by Crippen LogP contribution is -2.31. The predicted molar refractivity (Wildman–Crippen MR) is 109 cm³/mol. The number of para-hydroxylation sites is 3. The molecule has 0 aliphatic carbocycles. The number of nitrogens with one attached hydrogen (secondary N) is 1. The number of amides is 2. The number of benzene rings is 3. The third-order valence-corrected chi connectivity index (χ3v) is 4.90. The van der Waals surface area contributed by atoms with Crippen molar-refractivity contribution in [1.29, 1.82) is 0 Å². The summed E-state index contributed by atoms with van der Waals surface area (Å²) >= 11 is 0. The van der Waals surface area contributed by atoms with Gasteiger partial charge in [-0.25, -0.2) is 5.48 Å². The van der Waals surface area contributed by atoms with E-state index in [1.54, 1.807) is 34.6 Å². The molecule has 0 atom stereocenters. The Morgan fingerprint density at radius 3 is 2.38 bits per heavy atom. The van der Waals surface area contributed by atoms with Crippen molar-refractivity contribution in [2.45, 2.75) is 12.8 Å². The van der Waals surface area contributed by atoms with Crippen LogP contribution in [-0.4, -0.2) is 23.6 Å². The first-order valence-electron chi connectivity index (χ1n) is 9.38. The van der Waals surface area contributed by atoms with Crippen molar-refractivity contribution >= 4 is 17.5 Å². The molecule has 6 heteroatoms. The average Bonchev–Trinajstić information content (AvgIpc) is 2.88. The molecule has 6 nitrogen and oxygen atoms in total. The molecule has 0 radical (unpaired) electrons. The molecular weight excluding hydrogens is 368 g/mol. The second-order valence-corrected chi connectivity index (χ2v) is 6.76. The van der Waals surface area contributed by atoms with E-state index in [0.29, 0.717) is 29.2 Å². The maximum atomic E-state index is 13.2. The molecule has 0 saturated heterocycles. The molecule has 2 amide bonds. The zero-order valence-electron chi connectivity index (χ0n) is 15.7. The smallest absolute Gasteiger partial charge is 0.274 e. The van der Waals surface area contributed by atoms with Gasteiger partial charge in [0.15, 0.2) is 5.75 Å². The van der Waals surface area contributed by atoms with Crippen molar-refractivity contribution in [3.63, 3.8) is 0 Å². The predicted octanol–water partition coefficient (Wildman–Crippen LogP) is 4.19. The summed E-state index contributed by atoms with van der Waals surface area (Å²) < 4.78 is 5.99. The minimum atomic E-state index is -0.540. The van der Waals surface area contributed by atoms with Crippen LogP contribution in [0.5, 0.6) is 11.5 Å². The number of nitrogens with zero attached hydrogens (tertiary/aromatic N) is 1. The maximum Gasteiger partial charge on any atom is 0.274 e. The van der Waals surface area contributed by atoms with E-state index in [1.165, 1.54) is 0 Å². The van der Waals surface area contributed by atoms with E-state index in [-0.39, 0.29) is 5.91 Å². The molecule has 3 aromatic rings. The minimum Gasteiger partial charge on any atom is -0.454 e. The molecule has 0 saturated carbocycles. The Hall–Kier alpha value is -3.64. The standard InChI is InChI=1S/C23H20N2O4/c26-22(24-28)17-13-11-16(12-14-17)6-5-15-25-19-8-2-4-10-21(19)29-20-9-3-1-7-18(20)23(25)27/h1-4,7-14,28H,5-6,15H2,(H,24,26). The van der Waals surface area contributed by atoms with Crippen molar-refractivity contribution in [2.24, 2.45) is 0 Å². The quantitative estimate of drug-likeness (QED) is 0.507. The molecule has 1 aliphatic heterocycles. The van der Waals surface area contributed by atoms with Crippen LogP contribution in [0.2, 0.25) is 0 Å². The minimum absolute atomic E-state index is 0.0829. The summed E-state index contributed by atoms with van der Waals surface area (Å²) in [6, 6.07) is 21.8.